The first-order valence-electron chi connectivity index (χ1n) is 12.3. The number of ether oxygens (including phenoxy) is 1. The zero-order chi connectivity index (χ0) is 26.1. The highest BCUT2D eigenvalue weighted by Gasteiger charge is 2.16. The zero-order valence-corrected chi connectivity index (χ0v) is 21.7. The molecule has 0 radical (unpaired) electrons. The lowest BCUT2D eigenvalue weighted by Gasteiger charge is -2.09. The van der Waals surface area contributed by atoms with E-state index >= 15 is 0 Å². The Bertz CT molecular complexity index is 1840. The van der Waals surface area contributed by atoms with Gasteiger partial charge in [-0.15, -0.1) is 5.10 Å². The van der Waals surface area contributed by atoms with Crippen LogP contribution in [0.2, 0.25) is 0 Å². The molecule has 9 heteroatoms. The minimum absolute atomic E-state index is 0.212. The van der Waals surface area contributed by atoms with Gasteiger partial charge in [0.15, 0.2) is 5.82 Å². The van der Waals surface area contributed by atoms with E-state index < -0.39 is 0 Å². The van der Waals surface area contributed by atoms with Crippen LogP contribution in [0.15, 0.2) is 84.0 Å². The molecule has 0 amide bonds. The van der Waals surface area contributed by atoms with Crippen molar-refractivity contribution in [1.29, 1.82) is 0 Å². The Morgan fingerprint density at radius 1 is 1.03 bits per heavy atom. The summed E-state index contributed by atoms with van der Waals surface area (Å²) in [6.45, 7) is 4.80. The molecule has 0 N–H and O–H groups in total. The van der Waals surface area contributed by atoms with Crippen molar-refractivity contribution in [2.24, 2.45) is 0 Å². The first kappa shape index (κ1) is 23.7. The Morgan fingerprint density at radius 3 is 2.58 bits per heavy atom. The Kier molecular flexibility index (Phi) is 6.27. The third-order valence-corrected chi connectivity index (χ3v) is 7.06. The Morgan fingerprint density at radius 2 is 1.84 bits per heavy atom. The highest BCUT2D eigenvalue weighted by molar-refractivity contribution is 7.15. The van der Waals surface area contributed by atoms with Crippen molar-refractivity contribution in [1.82, 2.24) is 29.4 Å². The molecule has 6 rings (SSSR count). The van der Waals surface area contributed by atoms with Gasteiger partial charge < -0.3 is 4.74 Å². The van der Waals surface area contributed by atoms with Crippen LogP contribution in [-0.4, -0.2) is 36.0 Å². The summed E-state index contributed by atoms with van der Waals surface area (Å²) < 4.78 is 9.55. The average molecular weight is 521 g/mol. The molecule has 0 unspecified atom stereocenters. The first-order valence-corrected chi connectivity index (χ1v) is 13.1. The maximum Gasteiger partial charge on any atom is 0.291 e. The lowest BCUT2D eigenvalue weighted by molar-refractivity contribution is 0.317. The molecule has 0 aliphatic carbocycles. The zero-order valence-electron chi connectivity index (χ0n) is 20.9. The first-order chi connectivity index (χ1) is 18.6. The van der Waals surface area contributed by atoms with Crippen LogP contribution in [0.4, 0.5) is 0 Å². The van der Waals surface area contributed by atoms with Gasteiger partial charge in [-0.05, 0) is 67.4 Å². The molecule has 0 atom stereocenters. The fourth-order valence-corrected chi connectivity index (χ4v) is 5.12. The molecule has 0 fully saturated rings. The molecule has 6 aromatic rings. The largest absolute Gasteiger partial charge is 0.494 e. The normalized spacial score (nSPS) is 11.9. The quantitative estimate of drug-likeness (QED) is 0.303. The van der Waals surface area contributed by atoms with E-state index in [9.17, 15) is 4.79 Å². The molecule has 2 aromatic carbocycles. The second-order valence-corrected chi connectivity index (χ2v) is 9.83. The van der Waals surface area contributed by atoms with Crippen molar-refractivity contribution in [3.63, 3.8) is 0 Å². The van der Waals surface area contributed by atoms with Gasteiger partial charge >= 0.3 is 0 Å². The Hall–Kier alpha value is -4.63. The van der Waals surface area contributed by atoms with E-state index in [0.29, 0.717) is 21.9 Å². The van der Waals surface area contributed by atoms with Crippen LogP contribution in [0.1, 0.15) is 24.5 Å². The molecule has 38 heavy (non-hydrogen) atoms. The maximum absolute atomic E-state index is 13.3. The summed E-state index contributed by atoms with van der Waals surface area (Å²) in [6, 6.07) is 19.6. The molecule has 4 heterocycles. The van der Waals surface area contributed by atoms with Crippen molar-refractivity contribution < 1.29 is 4.74 Å². The van der Waals surface area contributed by atoms with Gasteiger partial charge in [0.2, 0.25) is 4.96 Å². The Balaban J connectivity index is 1.47. The maximum atomic E-state index is 13.3. The van der Waals surface area contributed by atoms with Crippen LogP contribution >= 0.6 is 11.3 Å². The van der Waals surface area contributed by atoms with Crippen LogP contribution in [0.25, 0.3) is 39.4 Å². The van der Waals surface area contributed by atoms with Gasteiger partial charge in [0.25, 0.3) is 5.56 Å². The predicted octanol–water partition coefficient (Wildman–Crippen LogP) is 4.71. The van der Waals surface area contributed by atoms with Crippen molar-refractivity contribution >= 4 is 22.4 Å². The van der Waals surface area contributed by atoms with E-state index in [0.717, 1.165) is 45.8 Å². The van der Waals surface area contributed by atoms with Gasteiger partial charge in [-0.1, -0.05) is 36.5 Å². The van der Waals surface area contributed by atoms with Crippen LogP contribution in [0.3, 0.4) is 0 Å². The van der Waals surface area contributed by atoms with Crippen LogP contribution in [0, 0.1) is 6.92 Å². The summed E-state index contributed by atoms with van der Waals surface area (Å²) >= 11 is 1.31. The third kappa shape index (κ3) is 4.48. The number of thiazole rings is 1. The molecule has 0 saturated heterocycles. The van der Waals surface area contributed by atoms with Gasteiger partial charge in [0.05, 0.1) is 16.8 Å². The molecule has 0 spiro atoms. The van der Waals surface area contributed by atoms with E-state index in [-0.39, 0.29) is 5.56 Å². The average Bonchev–Trinajstić information content (AvgIpc) is 3.64. The number of nitrogens with zero attached hydrogens (tertiary/aromatic N) is 6. The van der Waals surface area contributed by atoms with Crippen molar-refractivity contribution in [3.05, 3.63) is 105 Å². The fraction of sp³-hybridized carbons (Fsp3) is 0.138. The van der Waals surface area contributed by atoms with E-state index in [2.05, 4.69) is 22.0 Å². The van der Waals surface area contributed by atoms with Gasteiger partial charge in [0, 0.05) is 35.3 Å². The smallest absolute Gasteiger partial charge is 0.291 e. The molecule has 0 aliphatic rings. The molecular weight excluding hydrogens is 496 g/mol. The second kappa shape index (κ2) is 10.0. The van der Waals surface area contributed by atoms with E-state index in [1.54, 1.807) is 12.4 Å². The number of aryl methyl sites for hydroxylation is 1. The number of fused-ring (bicyclic) bond motifs is 1. The number of benzene rings is 2. The summed E-state index contributed by atoms with van der Waals surface area (Å²) in [5, 5.41) is 9.38. The summed E-state index contributed by atoms with van der Waals surface area (Å²) in [5.74, 6) is 1.33. The lowest BCUT2D eigenvalue weighted by atomic mass is 10.0. The fourth-order valence-electron chi connectivity index (χ4n) is 4.23. The minimum atomic E-state index is -0.212. The summed E-state index contributed by atoms with van der Waals surface area (Å²) in [6.07, 6.45) is 8.12. The number of hydrogen-bond donors (Lipinski definition) is 0. The van der Waals surface area contributed by atoms with Crippen LogP contribution < -0.4 is 14.8 Å². The standard InChI is InChI=1S/C29H24N6O2S/c1-3-15-37-23-9-10-24(19(2)16-23)26-21(18-34(32-26)22-7-5-4-6-8-22)17-25-28(36)35-29(38-25)31-27(33-35)20-11-13-30-14-12-20/h4-14,16-18H,3,15H2,1-2H3. The van der Waals surface area contributed by atoms with Crippen molar-refractivity contribution in [2.45, 2.75) is 20.3 Å². The van der Waals surface area contributed by atoms with Crippen LogP contribution in [0.5, 0.6) is 5.75 Å². The minimum Gasteiger partial charge on any atom is -0.494 e. The molecule has 0 saturated carbocycles. The van der Waals surface area contributed by atoms with Crippen molar-refractivity contribution in [3.8, 4) is 34.1 Å². The summed E-state index contributed by atoms with van der Waals surface area (Å²) in [7, 11) is 0. The van der Waals surface area contributed by atoms with Crippen molar-refractivity contribution in [2.75, 3.05) is 6.61 Å². The molecule has 0 aliphatic heterocycles. The lowest BCUT2D eigenvalue weighted by Crippen LogP contribution is -2.23. The number of rotatable bonds is 7. The SMILES string of the molecule is CCCOc1ccc(-c2nn(-c3ccccc3)cc2C=c2sc3nc(-c4ccncc4)nn3c2=O)c(C)c1. The topological polar surface area (TPSA) is 87.2 Å². The number of para-hydroxylation sites is 1. The highest BCUT2D eigenvalue weighted by atomic mass is 32.1. The van der Waals surface area contributed by atoms with Gasteiger partial charge in [-0.25, -0.2) is 4.68 Å². The third-order valence-electron chi connectivity index (χ3n) is 6.10. The molecule has 0 bridgehead atoms. The van der Waals surface area contributed by atoms with E-state index in [4.69, 9.17) is 9.84 Å². The van der Waals surface area contributed by atoms with Gasteiger partial charge in [-0.3, -0.25) is 9.78 Å². The molecule has 8 nitrogen and oxygen atoms in total. The Labute approximate surface area is 222 Å². The van der Waals surface area contributed by atoms with Gasteiger partial charge in [0.1, 0.15) is 11.4 Å². The molecule has 188 valence electrons. The van der Waals surface area contributed by atoms with E-state index in [1.165, 1.54) is 15.9 Å². The van der Waals surface area contributed by atoms with Gasteiger partial charge in [-0.2, -0.15) is 14.6 Å². The van der Waals surface area contributed by atoms with Crippen LogP contribution in [-0.2, 0) is 0 Å². The second-order valence-electron chi connectivity index (χ2n) is 8.82. The summed E-state index contributed by atoms with van der Waals surface area (Å²) in [4.78, 5) is 22.4. The monoisotopic (exact) mass is 520 g/mol. The predicted molar refractivity (Wildman–Crippen MR) is 149 cm³/mol. The number of hydrogen-bond acceptors (Lipinski definition) is 7. The summed E-state index contributed by atoms with van der Waals surface area (Å²) in [5.41, 5.74) is 5.16. The molecule has 4 aromatic heterocycles. The number of pyridine rings is 1. The molecular formula is C29H24N6O2S. The highest BCUT2D eigenvalue weighted by Crippen LogP contribution is 2.30. The number of aromatic nitrogens is 6. The van der Waals surface area contributed by atoms with E-state index in [1.807, 2.05) is 84.5 Å².